The summed E-state index contributed by atoms with van der Waals surface area (Å²) >= 11 is 5.97. The Hall–Kier alpha value is -3.07. The van der Waals surface area contributed by atoms with Crippen LogP contribution in [0.4, 0.5) is 13.2 Å². The molecule has 176 valence electrons. The van der Waals surface area contributed by atoms with Crippen molar-refractivity contribution in [1.29, 1.82) is 0 Å². The normalized spacial score (nSPS) is 14.9. The number of amides is 3. The molecule has 1 heterocycles. The maximum atomic E-state index is 14.0. The topological polar surface area (TPSA) is 69.7 Å². The summed E-state index contributed by atoms with van der Waals surface area (Å²) in [7, 11) is 0. The highest BCUT2D eigenvalue weighted by Gasteiger charge is 2.33. The minimum absolute atomic E-state index is 0.00136. The van der Waals surface area contributed by atoms with E-state index in [0.717, 1.165) is 30.3 Å². The van der Waals surface area contributed by atoms with Gasteiger partial charge in [-0.1, -0.05) is 31.5 Å². The van der Waals surface area contributed by atoms with Gasteiger partial charge in [0.25, 0.3) is 11.8 Å². The molecule has 1 atom stereocenters. The second-order valence-corrected chi connectivity index (χ2v) is 8.44. The van der Waals surface area contributed by atoms with E-state index in [2.05, 4.69) is 5.32 Å². The van der Waals surface area contributed by atoms with E-state index in [1.807, 2.05) is 0 Å². The molecule has 3 amide bonds. The van der Waals surface area contributed by atoms with Crippen LogP contribution in [-0.2, 0) is 4.79 Å². The van der Waals surface area contributed by atoms with Crippen LogP contribution in [-0.4, -0.2) is 59.7 Å². The minimum Gasteiger partial charge on any atom is -0.340 e. The van der Waals surface area contributed by atoms with Gasteiger partial charge in [0.2, 0.25) is 5.91 Å². The number of nitrogens with zero attached hydrogens (tertiary/aromatic N) is 2. The fourth-order valence-corrected chi connectivity index (χ4v) is 3.85. The molecular formula is C23H23ClF3N3O3. The lowest BCUT2D eigenvalue weighted by atomic mass is 10.0. The summed E-state index contributed by atoms with van der Waals surface area (Å²) in [5.74, 6) is -4.75. The van der Waals surface area contributed by atoms with Gasteiger partial charge in [0.05, 0.1) is 10.6 Å². The van der Waals surface area contributed by atoms with E-state index >= 15 is 0 Å². The summed E-state index contributed by atoms with van der Waals surface area (Å²) in [6.45, 7) is 4.21. The Balaban J connectivity index is 1.66. The molecule has 0 bridgehead atoms. The smallest absolute Gasteiger partial charge is 0.257 e. The maximum Gasteiger partial charge on any atom is 0.257 e. The van der Waals surface area contributed by atoms with Crippen LogP contribution in [0.2, 0.25) is 5.02 Å². The summed E-state index contributed by atoms with van der Waals surface area (Å²) in [4.78, 5) is 41.3. The molecule has 2 aromatic rings. The first-order chi connectivity index (χ1) is 15.6. The predicted molar refractivity (Wildman–Crippen MR) is 116 cm³/mol. The lowest BCUT2D eigenvalue weighted by molar-refractivity contribution is -0.135. The number of nitrogens with one attached hydrogen (secondary N) is 1. The fourth-order valence-electron chi connectivity index (χ4n) is 3.60. The van der Waals surface area contributed by atoms with Crippen LogP contribution >= 0.6 is 11.6 Å². The molecule has 1 saturated heterocycles. The van der Waals surface area contributed by atoms with Crippen LogP contribution in [0.5, 0.6) is 0 Å². The first kappa shape index (κ1) is 24.6. The SMILES string of the molecule is CC(C)[C@H](NC(=O)c1c(F)cccc1F)C(=O)N1CCN(C(=O)c2ccc(F)cc2Cl)CC1. The highest BCUT2D eigenvalue weighted by Crippen LogP contribution is 2.20. The van der Waals surface area contributed by atoms with Gasteiger partial charge in [-0.15, -0.1) is 0 Å². The number of hydrogen-bond acceptors (Lipinski definition) is 3. The summed E-state index contributed by atoms with van der Waals surface area (Å²) < 4.78 is 41.2. The van der Waals surface area contributed by atoms with Crippen LogP contribution in [0, 0.1) is 23.4 Å². The van der Waals surface area contributed by atoms with Crippen molar-refractivity contribution < 1.29 is 27.6 Å². The highest BCUT2D eigenvalue weighted by molar-refractivity contribution is 6.33. The number of carbonyl (C=O) groups excluding carboxylic acids is 3. The number of carbonyl (C=O) groups is 3. The average molecular weight is 482 g/mol. The van der Waals surface area contributed by atoms with E-state index in [-0.39, 0.29) is 48.6 Å². The zero-order valence-electron chi connectivity index (χ0n) is 18.1. The molecule has 1 aliphatic heterocycles. The molecule has 1 N–H and O–H groups in total. The van der Waals surface area contributed by atoms with Crippen LogP contribution < -0.4 is 5.32 Å². The molecule has 10 heteroatoms. The Bertz CT molecular complexity index is 1050. The van der Waals surface area contributed by atoms with E-state index in [1.165, 1.54) is 15.9 Å². The van der Waals surface area contributed by atoms with E-state index in [0.29, 0.717) is 0 Å². The lowest BCUT2D eigenvalue weighted by Gasteiger charge is -2.37. The Morgan fingerprint density at radius 2 is 1.52 bits per heavy atom. The molecule has 1 fully saturated rings. The minimum atomic E-state index is -1.02. The molecule has 0 saturated carbocycles. The van der Waals surface area contributed by atoms with E-state index in [1.54, 1.807) is 13.8 Å². The van der Waals surface area contributed by atoms with Crippen molar-refractivity contribution >= 4 is 29.3 Å². The average Bonchev–Trinajstić information content (AvgIpc) is 2.76. The lowest BCUT2D eigenvalue weighted by Crippen LogP contribution is -2.57. The molecule has 0 aromatic heterocycles. The van der Waals surface area contributed by atoms with Crippen LogP contribution in [0.1, 0.15) is 34.6 Å². The number of rotatable bonds is 5. The molecule has 0 spiro atoms. The molecule has 3 rings (SSSR count). The van der Waals surface area contributed by atoms with Crippen LogP contribution in [0.15, 0.2) is 36.4 Å². The second kappa shape index (κ2) is 10.2. The Kier molecular flexibility index (Phi) is 7.63. The summed E-state index contributed by atoms with van der Waals surface area (Å²) in [6, 6.07) is 5.58. The van der Waals surface area contributed by atoms with Crippen molar-refractivity contribution in [3.05, 3.63) is 70.0 Å². The zero-order valence-corrected chi connectivity index (χ0v) is 18.8. The van der Waals surface area contributed by atoms with Crippen molar-refractivity contribution in [1.82, 2.24) is 15.1 Å². The summed E-state index contributed by atoms with van der Waals surface area (Å²) in [6.07, 6.45) is 0. The first-order valence-electron chi connectivity index (χ1n) is 10.4. The van der Waals surface area contributed by atoms with Crippen LogP contribution in [0.25, 0.3) is 0 Å². The molecule has 0 radical (unpaired) electrons. The van der Waals surface area contributed by atoms with E-state index in [9.17, 15) is 27.6 Å². The Morgan fingerprint density at radius 3 is 2.06 bits per heavy atom. The number of halogens is 4. The summed E-state index contributed by atoms with van der Waals surface area (Å²) in [5, 5.41) is 2.44. The molecule has 1 aliphatic rings. The quantitative estimate of drug-likeness (QED) is 0.710. The van der Waals surface area contributed by atoms with Crippen molar-refractivity contribution in [2.24, 2.45) is 5.92 Å². The van der Waals surface area contributed by atoms with Gasteiger partial charge in [0.15, 0.2) is 0 Å². The van der Waals surface area contributed by atoms with Crippen molar-refractivity contribution in [3.63, 3.8) is 0 Å². The van der Waals surface area contributed by atoms with E-state index in [4.69, 9.17) is 11.6 Å². The molecule has 33 heavy (non-hydrogen) atoms. The third-order valence-corrected chi connectivity index (χ3v) is 5.76. The molecule has 0 aliphatic carbocycles. The highest BCUT2D eigenvalue weighted by atomic mass is 35.5. The molecular weight excluding hydrogens is 459 g/mol. The van der Waals surface area contributed by atoms with Gasteiger partial charge >= 0.3 is 0 Å². The Morgan fingerprint density at radius 1 is 0.939 bits per heavy atom. The number of benzene rings is 2. The third-order valence-electron chi connectivity index (χ3n) is 5.45. The van der Waals surface area contributed by atoms with Gasteiger partial charge in [0, 0.05) is 26.2 Å². The third kappa shape index (κ3) is 5.47. The van der Waals surface area contributed by atoms with Gasteiger partial charge in [-0.05, 0) is 36.2 Å². The van der Waals surface area contributed by atoms with Crippen LogP contribution in [0.3, 0.4) is 0 Å². The first-order valence-corrected chi connectivity index (χ1v) is 10.8. The molecule has 0 unspecified atom stereocenters. The van der Waals surface area contributed by atoms with Crippen molar-refractivity contribution in [2.45, 2.75) is 19.9 Å². The van der Waals surface area contributed by atoms with Crippen molar-refractivity contribution in [2.75, 3.05) is 26.2 Å². The van der Waals surface area contributed by atoms with Gasteiger partial charge in [-0.3, -0.25) is 14.4 Å². The summed E-state index contributed by atoms with van der Waals surface area (Å²) in [5.41, 5.74) is -0.584. The predicted octanol–water partition coefficient (Wildman–Crippen LogP) is 3.50. The molecule has 6 nitrogen and oxygen atoms in total. The maximum absolute atomic E-state index is 14.0. The Labute approximate surface area is 194 Å². The standard InChI is InChI=1S/C23H23ClF3N3O3/c1-13(2)20(28-21(31)19-17(26)4-3-5-18(19)27)23(33)30-10-8-29(9-11-30)22(32)15-7-6-14(25)12-16(15)24/h3-7,12-13,20H,8-11H2,1-2H3,(H,28,31)/t20-/m0/s1. The van der Waals surface area contributed by atoms with Gasteiger partial charge in [-0.25, -0.2) is 13.2 Å². The number of piperazine rings is 1. The monoisotopic (exact) mass is 481 g/mol. The van der Waals surface area contributed by atoms with Gasteiger partial charge in [-0.2, -0.15) is 0 Å². The van der Waals surface area contributed by atoms with Crippen molar-refractivity contribution in [3.8, 4) is 0 Å². The van der Waals surface area contributed by atoms with Gasteiger partial charge in [0.1, 0.15) is 29.1 Å². The largest absolute Gasteiger partial charge is 0.340 e. The fraction of sp³-hybridized carbons (Fsp3) is 0.348. The zero-order chi connectivity index (χ0) is 24.3. The van der Waals surface area contributed by atoms with E-state index < -0.39 is 40.9 Å². The molecule has 2 aromatic carbocycles. The number of hydrogen-bond donors (Lipinski definition) is 1. The van der Waals surface area contributed by atoms with Gasteiger partial charge < -0.3 is 15.1 Å². The second-order valence-electron chi connectivity index (χ2n) is 8.03.